The summed E-state index contributed by atoms with van der Waals surface area (Å²) in [6.07, 6.45) is -5.00. The summed E-state index contributed by atoms with van der Waals surface area (Å²) in [5.41, 5.74) is -4.26. The fourth-order valence-corrected chi connectivity index (χ4v) is 2.95. The second-order valence-electron chi connectivity index (χ2n) is 6.40. The zero-order chi connectivity index (χ0) is 19.3. The highest BCUT2D eigenvalue weighted by Gasteiger charge is 2.53. The Kier molecular flexibility index (Phi) is 4.27. The number of hydrogen-bond donors (Lipinski definition) is 0. The molecule has 1 aliphatic heterocycles. The van der Waals surface area contributed by atoms with Crippen molar-refractivity contribution in [3.05, 3.63) is 33.9 Å². The van der Waals surface area contributed by atoms with E-state index in [1.54, 1.807) is 13.8 Å². The van der Waals surface area contributed by atoms with Crippen molar-refractivity contribution >= 4 is 23.3 Å². The molecule has 0 saturated carbocycles. The fraction of sp³-hybridized carbons (Fsp3) is 0.467. The van der Waals surface area contributed by atoms with Crippen LogP contribution in [0.15, 0.2) is 18.2 Å². The minimum Gasteiger partial charge on any atom is -0.307 e. The van der Waals surface area contributed by atoms with Crippen molar-refractivity contribution in [2.24, 2.45) is 0 Å². The SMILES string of the molecule is CC(C)N1C(=O)N(c2ccc([N+](=O)[O-])c(C(F)(F)F)c2)C(=O)C1(C)C. The number of amides is 3. The van der Waals surface area contributed by atoms with Crippen molar-refractivity contribution < 1.29 is 27.7 Å². The van der Waals surface area contributed by atoms with Crippen LogP contribution in [0.4, 0.5) is 29.3 Å². The van der Waals surface area contributed by atoms with Gasteiger partial charge in [-0.25, -0.2) is 9.69 Å². The molecular weight excluding hydrogens is 343 g/mol. The van der Waals surface area contributed by atoms with E-state index in [0.717, 1.165) is 6.07 Å². The molecule has 0 aromatic heterocycles. The van der Waals surface area contributed by atoms with Crippen LogP contribution in [-0.4, -0.2) is 33.3 Å². The quantitative estimate of drug-likeness (QED) is 0.469. The van der Waals surface area contributed by atoms with Crippen LogP contribution in [-0.2, 0) is 11.0 Å². The number of nitro benzene ring substituents is 1. The number of alkyl halides is 3. The average Bonchev–Trinajstić information content (AvgIpc) is 2.62. The number of carbonyl (C=O) groups is 2. The van der Waals surface area contributed by atoms with Crippen LogP contribution in [0.5, 0.6) is 0 Å². The van der Waals surface area contributed by atoms with Crippen molar-refractivity contribution in [1.29, 1.82) is 0 Å². The molecule has 0 spiro atoms. The van der Waals surface area contributed by atoms with Crippen LogP contribution >= 0.6 is 0 Å². The fourth-order valence-electron chi connectivity index (χ4n) is 2.95. The molecule has 0 unspecified atom stereocenters. The Morgan fingerprint density at radius 3 is 2.16 bits per heavy atom. The minimum atomic E-state index is -5.00. The van der Waals surface area contributed by atoms with Crippen LogP contribution in [0.25, 0.3) is 0 Å². The van der Waals surface area contributed by atoms with E-state index in [2.05, 4.69) is 0 Å². The summed E-state index contributed by atoms with van der Waals surface area (Å²) < 4.78 is 39.4. The number of benzene rings is 1. The third-order valence-corrected chi connectivity index (χ3v) is 3.98. The number of hydrogen-bond acceptors (Lipinski definition) is 4. The Bertz CT molecular complexity index is 759. The number of halogens is 3. The number of nitrogens with zero attached hydrogens (tertiary/aromatic N) is 3. The number of anilines is 1. The summed E-state index contributed by atoms with van der Waals surface area (Å²) >= 11 is 0. The monoisotopic (exact) mass is 359 g/mol. The molecule has 10 heteroatoms. The first-order chi connectivity index (χ1) is 11.3. The predicted molar refractivity (Wildman–Crippen MR) is 82.0 cm³/mol. The summed E-state index contributed by atoms with van der Waals surface area (Å²) in [5, 5.41) is 10.8. The Morgan fingerprint density at radius 1 is 1.20 bits per heavy atom. The Labute approximate surface area is 141 Å². The molecular formula is C15H16F3N3O4. The summed E-state index contributed by atoms with van der Waals surface area (Å²) in [6, 6.07) is 0.921. The molecule has 0 bridgehead atoms. The summed E-state index contributed by atoms with van der Waals surface area (Å²) in [4.78, 5) is 36.7. The Hall–Kier alpha value is -2.65. The van der Waals surface area contributed by atoms with Gasteiger partial charge in [0.25, 0.3) is 11.6 Å². The number of nitro groups is 1. The smallest absolute Gasteiger partial charge is 0.307 e. The first-order valence-corrected chi connectivity index (χ1v) is 7.33. The number of carbonyl (C=O) groups excluding carboxylic acids is 2. The van der Waals surface area contributed by atoms with Crippen molar-refractivity contribution in [3.8, 4) is 0 Å². The normalized spacial score (nSPS) is 17.6. The number of rotatable bonds is 3. The molecule has 0 radical (unpaired) electrons. The van der Waals surface area contributed by atoms with Gasteiger partial charge in [0.15, 0.2) is 0 Å². The summed E-state index contributed by atoms with van der Waals surface area (Å²) in [6.45, 7) is 6.33. The molecule has 3 amide bonds. The topological polar surface area (TPSA) is 83.8 Å². The van der Waals surface area contributed by atoms with Crippen LogP contribution in [0, 0.1) is 10.1 Å². The lowest BCUT2D eigenvalue weighted by atomic mass is 10.0. The van der Waals surface area contributed by atoms with Gasteiger partial charge in [-0.1, -0.05) is 0 Å². The van der Waals surface area contributed by atoms with Crippen LogP contribution < -0.4 is 4.90 Å². The molecule has 1 aliphatic rings. The van der Waals surface area contributed by atoms with Gasteiger partial charge in [-0.15, -0.1) is 0 Å². The zero-order valence-corrected chi connectivity index (χ0v) is 13.9. The Balaban J connectivity index is 2.61. The van der Waals surface area contributed by atoms with E-state index in [1.165, 1.54) is 18.7 Å². The second-order valence-corrected chi connectivity index (χ2v) is 6.40. The van der Waals surface area contributed by atoms with E-state index >= 15 is 0 Å². The molecule has 1 aromatic carbocycles. The zero-order valence-electron chi connectivity index (χ0n) is 13.9. The van der Waals surface area contributed by atoms with Gasteiger partial charge >= 0.3 is 12.2 Å². The van der Waals surface area contributed by atoms with Gasteiger partial charge in [-0.2, -0.15) is 13.2 Å². The molecule has 1 fully saturated rings. The van der Waals surface area contributed by atoms with Crippen molar-refractivity contribution in [2.75, 3.05) is 4.90 Å². The molecule has 0 N–H and O–H groups in total. The lowest BCUT2D eigenvalue weighted by molar-refractivity contribution is -0.388. The minimum absolute atomic E-state index is 0.357. The molecule has 2 rings (SSSR count). The molecule has 0 atom stereocenters. The van der Waals surface area contributed by atoms with Crippen molar-refractivity contribution in [3.63, 3.8) is 0 Å². The van der Waals surface area contributed by atoms with E-state index < -0.39 is 39.8 Å². The molecule has 1 saturated heterocycles. The van der Waals surface area contributed by atoms with Crippen molar-refractivity contribution in [2.45, 2.75) is 45.5 Å². The van der Waals surface area contributed by atoms with E-state index in [9.17, 15) is 32.9 Å². The third-order valence-electron chi connectivity index (χ3n) is 3.98. The van der Waals surface area contributed by atoms with E-state index in [4.69, 9.17) is 0 Å². The maximum atomic E-state index is 13.1. The maximum absolute atomic E-state index is 13.1. The van der Waals surface area contributed by atoms with Gasteiger partial charge in [0.05, 0.1) is 10.6 Å². The first-order valence-electron chi connectivity index (χ1n) is 7.33. The third kappa shape index (κ3) is 2.92. The number of urea groups is 1. The molecule has 7 nitrogen and oxygen atoms in total. The molecule has 25 heavy (non-hydrogen) atoms. The summed E-state index contributed by atoms with van der Waals surface area (Å²) in [5.74, 6) is -0.701. The van der Waals surface area contributed by atoms with Gasteiger partial charge < -0.3 is 4.90 Å². The standard InChI is InChI=1S/C15H16F3N3O4/c1-8(2)20-13(23)19(12(22)14(20,3)4)9-5-6-11(21(24)25)10(7-9)15(16,17)18/h5-8H,1-4H3. The average molecular weight is 359 g/mol. The highest BCUT2D eigenvalue weighted by atomic mass is 19.4. The predicted octanol–water partition coefficient (Wildman–Crippen LogP) is 3.57. The van der Waals surface area contributed by atoms with Crippen LogP contribution in [0.3, 0.4) is 0 Å². The molecule has 1 heterocycles. The summed E-state index contributed by atoms with van der Waals surface area (Å²) in [7, 11) is 0. The van der Waals surface area contributed by atoms with Crippen LogP contribution in [0.1, 0.15) is 33.3 Å². The first kappa shape index (κ1) is 18.7. The number of imide groups is 1. The second kappa shape index (κ2) is 5.71. The van der Waals surface area contributed by atoms with Gasteiger partial charge in [0.2, 0.25) is 0 Å². The maximum Gasteiger partial charge on any atom is 0.423 e. The molecule has 0 aliphatic carbocycles. The molecule has 136 valence electrons. The van der Waals surface area contributed by atoms with Gasteiger partial charge in [0.1, 0.15) is 11.1 Å². The van der Waals surface area contributed by atoms with E-state index in [0.29, 0.717) is 17.0 Å². The van der Waals surface area contributed by atoms with E-state index in [-0.39, 0.29) is 11.7 Å². The van der Waals surface area contributed by atoms with Gasteiger partial charge in [-0.05, 0) is 39.8 Å². The lowest BCUT2D eigenvalue weighted by Crippen LogP contribution is -2.47. The molecule has 1 aromatic rings. The largest absolute Gasteiger partial charge is 0.423 e. The van der Waals surface area contributed by atoms with E-state index in [1.807, 2.05) is 0 Å². The lowest BCUT2D eigenvalue weighted by Gasteiger charge is -2.31. The highest BCUT2D eigenvalue weighted by molar-refractivity contribution is 6.23. The van der Waals surface area contributed by atoms with Crippen molar-refractivity contribution in [1.82, 2.24) is 4.90 Å². The van der Waals surface area contributed by atoms with Crippen LogP contribution in [0.2, 0.25) is 0 Å². The van der Waals surface area contributed by atoms with Gasteiger partial charge in [0, 0.05) is 12.1 Å². The van der Waals surface area contributed by atoms with Gasteiger partial charge in [-0.3, -0.25) is 14.9 Å². The highest BCUT2D eigenvalue weighted by Crippen LogP contribution is 2.40. The Morgan fingerprint density at radius 2 is 1.76 bits per heavy atom.